The number of hydrogen-bond acceptors (Lipinski definition) is 2. The van der Waals surface area contributed by atoms with Crippen LogP contribution in [0.5, 0.6) is 0 Å². The van der Waals surface area contributed by atoms with Crippen molar-refractivity contribution in [2.24, 2.45) is 5.73 Å². The quantitative estimate of drug-likeness (QED) is 0.787. The number of nitrogens with zero attached hydrogens (tertiary/aromatic N) is 1. The first kappa shape index (κ1) is 10.4. The molecular formula is C9H10F2N2O. The number of benzene rings is 1. The molecule has 0 aliphatic rings. The molecule has 1 amide bonds. The molecule has 1 aromatic carbocycles. The Hall–Kier alpha value is -1.65. The maximum Gasteiger partial charge on any atom is 0.236 e. The SMILES string of the molecule is CN(CC(N)=O)c1cc(F)ccc1F. The number of amides is 1. The first-order valence-electron chi connectivity index (χ1n) is 3.95. The van der Waals surface area contributed by atoms with Crippen molar-refractivity contribution >= 4 is 11.6 Å². The Balaban J connectivity index is 2.93. The zero-order valence-electron chi connectivity index (χ0n) is 7.63. The number of carbonyl (C=O) groups excluding carboxylic acids is 1. The Morgan fingerprint density at radius 3 is 2.71 bits per heavy atom. The van der Waals surface area contributed by atoms with E-state index in [0.717, 1.165) is 18.2 Å². The lowest BCUT2D eigenvalue weighted by molar-refractivity contribution is -0.116. The van der Waals surface area contributed by atoms with E-state index >= 15 is 0 Å². The van der Waals surface area contributed by atoms with Gasteiger partial charge in [0.1, 0.15) is 11.6 Å². The number of carbonyl (C=O) groups is 1. The summed E-state index contributed by atoms with van der Waals surface area (Å²) in [5, 5.41) is 0. The van der Waals surface area contributed by atoms with Crippen LogP contribution in [0.1, 0.15) is 0 Å². The van der Waals surface area contributed by atoms with Gasteiger partial charge in [-0.15, -0.1) is 0 Å². The van der Waals surface area contributed by atoms with Crippen LogP contribution in [-0.4, -0.2) is 19.5 Å². The summed E-state index contributed by atoms with van der Waals surface area (Å²) in [5.41, 5.74) is 4.94. The number of likely N-dealkylation sites (N-methyl/N-ethyl adjacent to an activating group) is 1. The first-order valence-corrected chi connectivity index (χ1v) is 3.95. The predicted octanol–water partition coefficient (Wildman–Crippen LogP) is 0.886. The van der Waals surface area contributed by atoms with Gasteiger partial charge in [-0.3, -0.25) is 4.79 Å². The van der Waals surface area contributed by atoms with Gasteiger partial charge < -0.3 is 10.6 Å². The van der Waals surface area contributed by atoms with Gasteiger partial charge in [0, 0.05) is 13.1 Å². The maximum absolute atomic E-state index is 13.1. The maximum atomic E-state index is 13.1. The molecule has 1 rings (SSSR count). The van der Waals surface area contributed by atoms with E-state index in [4.69, 9.17) is 5.73 Å². The van der Waals surface area contributed by atoms with Crippen molar-refractivity contribution in [3.63, 3.8) is 0 Å². The molecule has 0 saturated heterocycles. The number of halogens is 2. The molecule has 1 aromatic rings. The Morgan fingerprint density at radius 2 is 2.14 bits per heavy atom. The van der Waals surface area contributed by atoms with E-state index in [2.05, 4.69) is 0 Å². The van der Waals surface area contributed by atoms with Crippen LogP contribution in [0.4, 0.5) is 14.5 Å². The van der Waals surface area contributed by atoms with Gasteiger partial charge in [-0.1, -0.05) is 0 Å². The second kappa shape index (κ2) is 4.04. The summed E-state index contributed by atoms with van der Waals surface area (Å²) in [7, 11) is 1.46. The minimum Gasteiger partial charge on any atom is -0.368 e. The minimum absolute atomic E-state index is 0.0174. The van der Waals surface area contributed by atoms with Crippen LogP contribution in [0.25, 0.3) is 0 Å². The van der Waals surface area contributed by atoms with E-state index in [1.165, 1.54) is 11.9 Å². The summed E-state index contributed by atoms with van der Waals surface area (Å²) in [6.45, 7) is -0.152. The highest BCUT2D eigenvalue weighted by molar-refractivity contribution is 5.79. The van der Waals surface area contributed by atoms with Gasteiger partial charge in [0.2, 0.25) is 5.91 Å². The van der Waals surface area contributed by atoms with Crippen molar-refractivity contribution in [1.82, 2.24) is 0 Å². The summed E-state index contributed by atoms with van der Waals surface area (Å²) in [6, 6.07) is 3.03. The van der Waals surface area contributed by atoms with Gasteiger partial charge in [-0.25, -0.2) is 8.78 Å². The largest absolute Gasteiger partial charge is 0.368 e. The summed E-state index contributed by atoms with van der Waals surface area (Å²) in [4.78, 5) is 11.8. The minimum atomic E-state index is -0.601. The molecule has 0 saturated carbocycles. The van der Waals surface area contributed by atoms with Crippen LogP contribution in [0, 0.1) is 11.6 Å². The predicted molar refractivity (Wildman–Crippen MR) is 48.8 cm³/mol. The Labute approximate surface area is 80.1 Å². The fourth-order valence-electron chi connectivity index (χ4n) is 1.10. The van der Waals surface area contributed by atoms with Crippen LogP contribution >= 0.6 is 0 Å². The highest BCUT2D eigenvalue weighted by atomic mass is 19.1. The summed E-state index contributed by atoms with van der Waals surface area (Å²) in [6.07, 6.45) is 0. The lowest BCUT2D eigenvalue weighted by atomic mass is 10.2. The molecule has 2 N–H and O–H groups in total. The second-order valence-corrected chi connectivity index (χ2v) is 2.92. The zero-order chi connectivity index (χ0) is 10.7. The van der Waals surface area contributed by atoms with Gasteiger partial charge >= 0.3 is 0 Å². The molecule has 14 heavy (non-hydrogen) atoms. The molecular weight excluding hydrogens is 190 g/mol. The van der Waals surface area contributed by atoms with E-state index in [0.29, 0.717) is 0 Å². The third-order valence-electron chi connectivity index (χ3n) is 1.71. The molecule has 0 unspecified atom stereocenters. The number of primary amides is 1. The Morgan fingerprint density at radius 1 is 1.50 bits per heavy atom. The monoisotopic (exact) mass is 200 g/mol. The molecule has 3 nitrogen and oxygen atoms in total. The fourth-order valence-corrected chi connectivity index (χ4v) is 1.10. The molecule has 0 aliphatic heterocycles. The number of hydrogen-bond donors (Lipinski definition) is 1. The number of nitrogens with two attached hydrogens (primary N) is 1. The van der Waals surface area contributed by atoms with E-state index in [1.54, 1.807) is 0 Å². The van der Waals surface area contributed by atoms with Crippen LogP contribution < -0.4 is 10.6 Å². The van der Waals surface area contributed by atoms with Crippen LogP contribution in [-0.2, 0) is 4.79 Å². The highest BCUT2D eigenvalue weighted by Crippen LogP contribution is 2.18. The van der Waals surface area contributed by atoms with Crippen molar-refractivity contribution < 1.29 is 13.6 Å². The molecule has 5 heteroatoms. The lowest BCUT2D eigenvalue weighted by Gasteiger charge is -2.17. The summed E-state index contributed by atoms with van der Waals surface area (Å²) < 4.78 is 25.8. The van der Waals surface area contributed by atoms with Crippen molar-refractivity contribution in [2.75, 3.05) is 18.5 Å². The van der Waals surface area contributed by atoms with Crippen LogP contribution in [0.2, 0.25) is 0 Å². The molecule has 0 aromatic heterocycles. The molecule has 76 valence electrons. The average Bonchev–Trinajstić information content (AvgIpc) is 2.08. The third kappa shape index (κ3) is 2.42. The number of rotatable bonds is 3. The molecule has 0 bridgehead atoms. The standard InChI is InChI=1S/C9H10F2N2O/c1-13(5-9(12)14)8-4-6(10)2-3-7(8)11/h2-4H,5H2,1H3,(H2,12,14). The van der Waals surface area contributed by atoms with Crippen molar-refractivity contribution in [3.05, 3.63) is 29.8 Å². The Kier molecular flexibility index (Phi) is 3.01. The van der Waals surface area contributed by atoms with E-state index < -0.39 is 17.5 Å². The molecule has 0 aliphatic carbocycles. The first-order chi connectivity index (χ1) is 6.50. The van der Waals surface area contributed by atoms with E-state index in [1.807, 2.05) is 0 Å². The van der Waals surface area contributed by atoms with Gasteiger partial charge in [0.05, 0.1) is 12.2 Å². The lowest BCUT2D eigenvalue weighted by Crippen LogP contribution is -2.31. The zero-order valence-corrected chi connectivity index (χ0v) is 7.63. The van der Waals surface area contributed by atoms with Gasteiger partial charge in [0.15, 0.2) is 0 Å². The molecule has 0 fully saturated rings. The second-order valence-electron chi connectivity index (χ2n) is 2.92. The molecule has 0 spiro atoms. The highest BCUT2D eigenvalue weighted by Gasteiger charge is 2.10. The van der Waals surface area contributed by atoms with Crippen molar-refractivity contribution in [3.8, 4) is 0 Å². The van der Waals surface area contributed by atoms with E-state index in [9.17, 15) is 13.6 Å². The van der Waals surface area contributed by atoms with Gasteiger partial charge in [-0.05, 0) is 12.1 Å². The van der Waals surface area contributed by atoms with Crippen LogP contribution in [0.15, 0.2) is 18.2 Å². The topological polar surface area (TPSA) is 46.3 Å². The summed E-state index contributed by atoms with van der Waals surface area (Å²) >= 11 is 0. The summed E-state index contributed by atoms with van der Waals surface area (Å²) in [5.74, 6) is -1.75. The van der Waals surface area contributed by atoms with E-state index in [-0.39, 0.29) is 12.2 Å². The smallest absolute Gasteiger partial charge is 0.236 e. The molecule has 0 heterocycles. The van der Waals surface area contributed by atoms with Crippen molar-refractivity contribution in [1.29, 1.82) is 0 Å². The fraction of sp³-hybridized carbons (Fsp3) is 0.222. The third-order valence-corrected chi connectivity index (χ3v) is 1.71. The van der Waals surface area contributed by atoms with Gasteiger partial charge in [0.25, 0.3) is 0 Å². The normalized spacial score (nSPS) is 9.93. The molecule has 0 atom stereocenters. The molecule has 0 radical (unpaired) electrons. The number of anilines is 1. The van der Waals surface area contributed by atoms with Crippen molar-refractivity contribution in [2.45, 2.75) is 0 Å². The van der Waals surface area contributed by atoms with Crippen LogP contribution in [0.3, 0.4) is 0 Å². The average molecular weight is 200 g/mol. The Bertz CT molecular complexity index is 355. The van der Waals surface area contributed by atoms with Gasteiger partial charge in [-0.2, -0.15) is 0 Å².